The second-order valence-electron chi connectivity index (χ2n) is 6.85. The van der Waals surface area contributed by atoms with Crippen molar-refractivity contribution in [1.29, 1.82) is 0 Å². The zero-order valence-corrected chi connectivity index (χ0v) is 16.6. The van der Waals surface area contributed by atoms with Gasteiger partial charge >= 0.3 is 0 Å². The quantitative estimate of drug-likeness (QED) is 0.662. The van der Waals surface area contributed by atoms with E-state index in [-0.39, 0.29) is 18.4 Å². The van der Waals surface area contributed by atoms with Gasteiger partial charge in [0.15, 0.2) is 0 Å². The van der Waals surface area contributed by atoms with Gasteiger partial charge in [0, 0.05) is 25.1 Å². The number of aromatic nitrogens is 2. The molecule has 3 aromatic rings. The highest BCUT2D eigenvalue weighted by Gasteiger charge is 2.14. The van der Waals surface area contributed by atoms with Crippen LogP contribution in [-0.4, -0.2) is 27.9 Å². The van der Waals surface area contributed by atoms with Crippen LogP contribution in [0.15, 0.2) is 42.5 Å². The van der Waals surface area contributed by atoms with Gasteiger partial charge in [-0.3, -0.25) is 9.59 Å². The predicted molar refractivity (Wildman–Crippen MR) is 111 cm³/mol. The summed E-state index contributed by atoms with van der Waals surface area (Å²) in [4.78, 5) is 28.9. The summed E-state index contributed by atoms with van der Waals surface area (Å²) in [7, 11) is 0. The van der Waals surface area contributed by atoms with E-state index in [1.54, 1.807) is 0 Å². The standard InChI is InChI=1S/C22H26N4O2/c1-4-21(27)23-13-12-20-24-18-9-5-6-11-19(18)26(20)14-22(28)25-17-10-7-8-15(2)16(17)3/h5-11H,4,12-14H2,1-3H3,(H,23,27)(H,25,28). The van der Waals surface area contributed by atoms with Crippen LogP contribution in [0.3, 0.4) is 0 Å². The molecule has 0 aliphatic carbocycles. The number of fused-ring (bicyclic) bond motifs is 1. The van der Waals surface area contributed by atoms with E-state index in [9.17, 15) is 9.59 Å². The minimum Gasteiger partial charge on any atom is -0.356 e. The molecule has 0 saturated carbocycles. The van der Waals surface area contributed by atoms with Gasteiger partial charge in [-0.25, -0.2) is 4.98 Å². The molecule has 2 amide bonds. The van der Waals surface area contributed by atoms with Gasteiger partial charge in [-0.2, -0.15) is 0 Å². The lowest BCUT2D eigenvalue weighted by atomic mass is 10.1. The third-order valence-electron chi connectivity index (χ3n) is 4.91. The molecule has 0 aliphatic heterocycles. The number of imidazole rings is 1. The number of benzene rings is 2. The molecule has 0 saturated heterocycles. The number of carbonyl (C=O) groups excluding carboxylic acids is 2. The lowest BCUT2D eigenvalue weighted by Crippen LogP contribution is -2.26. The Bertz CT molecular complexity index is 1010. The van der Waals surface area contributed by atoms with Crippen molar-refractivity contribution in [3.63, 3.8) is 0 Å². The Morgan fingerprint density at radius 3 is 2.61 bits per heavy atom. The summed E-state index contributed by atoms with van der Waals surface area (Å²) in [5, 5.41) is 5.87. The number of nitrogens with one attached hydrogen (secondary N) is 2. The number of carbonyl (C=O) groups is 2. The number of hydrogen-bond donors (Lipinski definition) is 2. The van der Waals surface area contributed by atoms with Crippen LogP contribution in [0.25, 0.3) is 11.0 Å². The van der Waals surface area contributed by atoms with E-state index >= 15 is 0 Å². The van der Waals surface area contributed by atoms with Gasteiger partial charge in [0.1, 0.15) is 12.4 Å². The molecule has 2 N–H and O–H groups in total. The summed E-state index contributed by atoms with van der Waals surface area (Å²) in [6.45, 7) is 6.51. The largest absolute Gasteiger partial charge is 0.356 e. The summed E-state index contributed by atoms with van der Waals surface area (Å²) < 4.78 is 1.92. The first-order valence-corrected chi connectivity index (χ1v) is 9.56. The van der Waals surface area contributed by atoms with Crippen molar-refractivity contribution in [2.45, 2.75) is 40.2 Å². The Kier molecular flexibility index (Phi) is 6.09. The van der Waals surface area contributed by atoms with Crippen molar-refractivity contribution in [2.75, 3.05) is 11.9 Å². The minimum absolute atomic E-state index is 0.00956. The monoisotopic (exact) mass is 378 g/mol. The Morgan fingerprint density at radius 2 is 1.82 bits per heavy atom. The van der Waals surface area contributed by atoms with Crippen molar-refractivity contribution in [3.05, 3.63) is 59.4 Å². The zero-order valence-electron chi connectivity index (χ0n) is 16.6. The first kappa shape index (κ1) is 19.6. The molecule has 0 radical (unpaired) electrons. The molecule has 3 rings (SSSR count). The maximum atomic E-state index is 12.7. The fraction of sp³-hybridized carbons (Fsp3) is 0.318. The Morgan fingerprint density at radius 1 is 1.04 bits per heavy atom. The molecule has 28 heavy (non-hydrogen) atoms. The van der Waals surface area contributed by atoms with E-state index in [0.717, 1.165) is 33.7 Å². The van der Waals surface area contributed by atoms with Gasteiger partial charge in [0.05, 0.1) is 11.0 Å². The van der Waals surface area contributed by atoms with E-state index in [4.69, 9.17) is 0 Å². The number of nitrogens with zero attached hydrogens (tertiary/aromatic N) is 2. The van der Waals surface area contributed by atoms with E-state index < -0.39 is 0 Å². The first-order chi connectivity index (χ1) is 13.5. The molecule has 1 heterocycles. The van der Waals surface area contributed by atoms with Crippen LogP contribution in [0.5, 0.6) is 0 Å². The maximum Gasteiger partial charge on any atom is 0.244 e. The van der Waals surface area contributed by atoms with Gasteiger partial charge < -0.3 is 15.2 Å². The Labute approximate surface area is 165 Å². The number of aryl methyl sites for hydroxylation is 1. The highest BCUT2D eigenvalue weighted by molar-refractivity contribution is 5.92. The molecule has 146 valence electrons. The van der Waals surface area contributed by atoms with Crippen LogP contribution in [0.4, 0.5) is 5.69 Å². The second kappa shape index (κ2) is 8.69. The number of hydrogen-bond acceptors (Lipinski definition) is 3. The van der Waals surface area contributed by atoms with E-state index in [1.165, 1.54) is 0 Å². The van der Waals surface area contributed by atoms with Gasteiger partial charge in [0.25, 0.3) is 0 Å². The number of amides is 2. The van der Waals surface area contributed by atoms with Crippen LogP contribution in [0.2, 0.25) is 0 Å². The van der Waals surface area contributed by atoms with Crippen molar-refractivity contribution >= 4 is 28.5 Å². The smallest absolute Gasteiger partial charge is 0.244 e. The average molecular weight is 378 g/mol. The number of anilines is 1. The molecule has 2 aromatic carbocycles. The van der Waals surface area contributed by atoms with Gasteiger partial charge in [-0.1, -0.05) is 31.2 Å². The Hall–Kier alpha value is -3.15. The van der Waals surface area contributed by atoms with Crippen LogP contribution in [0.1, 0.15) is 30.3 Å². The van der Waals surface area contributed by atoms with Crippen LogP contribution in [0, 0.1) is 13.8 Å². The van der Waals surface area contributed by atoms with E-state index in [0.29, 0.717) is 19.4 Å². The summed E-state index contributed by atoms with van der Waals surface area (Å²) >= 11 is 0. The highest BCUT2D eigenvalue weighted by atomic mass is 16.2. The summed E-state index contributed by atoms with van der Waals surface area (Å²) in [6, 6.07) is 13.6. The lowest BCUT2D eigenvalue weighted by Gasteiger charge is -2.13. The van der Waals surface area contributed by atoms with Crippen molar-refractivity contribution in [3.8, 4) is 0 Å². The van der Waals surface area contributed by atoms with Crippen LogP contribution < -0.4 is 10.6 Å². The maximum absolute atomic E-state index is 12.7. The lowest BCUT2D eigenvalue weighted by molar-refractivity contribution is -0.120. The highest BCUT2D eigenvalue weighted by Crippen LogP contribution is 2.19. The van der Waals surface area contributed by atoms with Gasteiger partial charge in [0.2, 0.25) is 11.8 Å². The molecule has 0 spiro atoms. The zero-order chi connectivity index (χ0) is 20.1. The topological polar surface area (TPSA) is 76.0 Å². The molecular weight excluding hydrogens is 352 g/mol. The number of rotatable bonds is 7. The molecule has 0 bridgehead atoms. The molecule has 0 fully saturated rings. The van der Waals surface area contributed by atoms with Crippen molar-refractivity contribution < 1.29 is 9.59 Å². The fourth-order valence-corrected chi connectivity index (χ4v) is 3.15. The van der Waals surface area contributed by atoms with Gasteiger partial charge in [-0.05, 0) is 43.2 Å². The second-order valence-corrected chi connectivity index (χ2v) is 6.85. The van der Waals surface area contributed by atoms with E-state index in [2.05, 4.69) is 15.6 Å². The molecule has 6 nitrogen and oxygen atoms in total. The van der Waals surface area contributed by atoms with Gasteiger partial charge in [-0.15, -0.1) is 0 Å². The average Bonchev–Trinajstić information content (AvgIpc) is 3.02. The molecule has 0 unspecified atom stereocenters. The van der Waals surface area contributed by atoms with Crippen LogP contribution in [-0.2, 0) is 22.6 Å². The molecule has 1 aromatic heterocycles. The van der Waals surface area contributed by atoms with Crippen molar-refractivity contribution in [1.82, 2.24) is 14.9 Å². The van der Waals surface area contributed by atoms with Crippen LogP contribution >= 0.6 is 0 Å². The third kappa shape index (κ3) is 4.39. The molecule has 0 atom stereocenters. The third-order valence-corrected chi connectivity index (χ3v) is 4.91. The molecule has 6 heteroatoms. The van der Waals surface area contributed by atoms with Crippen molar-refractivity contribution in [2.24, 2.45) is 0 Å². The molecular formula is C22H26N4O2. The first-order valence-electron chi connectivity index (χ1n) is 9.56. The summed E-state index contributed by atoms with van der Waals surface area (Å²) in [5.41, 5.74) is 4.78. The van der Waals surface area contributed by atoms with E-state index in [1.807, 2.05) is 67.8 Å². The molecule has 0 aliphatic rings. The normalized spacial score (nSPS) is 10.8. The summed E-state index contributed by atoms with van der Waals surface area (Å²) in [5.74, 6) is 0.694. The minimum atomic E-state index is -0.101. The predicted octanol–water partition coefficient (Wildman–Crippen LogP) is 3.36. The summed E-state index contributed by atoms with van der Waals surface area (Å²) in [6.07, 6.45) is 1.02. The fourth-order valence-electron chi connectivity index (χ4n) is 3.15. The Balaban J connectivity index is 1.80. The SMILES string of the molecule is CCC(=O)NCCc1nc2ccccc2n1CC(=O)Nc1cccc(C)c1C. The number of para-hydroxylation sites is 2.